The first kappa shape index (κ1) is 8.83. The molecule has 0 aromatic heterocycles. The highest BCUT2D eigenvalue weighted by molar-refractivity contribution is 5.45. The predicted molar refractivity (Wildman–Crippen MR) is 45.7 cm³/mol. The fraction of sp³-hybridized carbons (Fsp3) is 0.250. The van der Waals surface area contributed by atoms with E-state index in [0.29, 0.717) is 12.3 Å². The average molecular weight is 168 g/mol. The van der Waals surface area contributed by atoms with Gasteiger partial charge in [-0.25, -0.2) is 0 Å². The van der Waals surface area contributed by atoms with Crippen LogP contribution in [0.2, 0.25) is 0 Å². The maximum Gasteiger partial charge on any atom is 0.162 e. The number of hydrogen-bond donors (Lipinski definition) is 3. The van der Waals surface area contributed by atoms with Gasteiger partial charge < -0.3 is 9.84 Å². The number of methoxy groups -OCH3 is 1. The van der Waals surface area contributed by atoms with Crippen molar-refractivity contribution in [3.05, 3.63) is 23.8 Å². The summed E-state index contributed by atoms with van der Waals surface area (Å²) in [5.74, 6) is 5.72. The van der Waals surface area contributed by atoms with Crippen LogP contribution in [-0.2, 0) is 6.54 Å². The van der Waals surface area contributed by atoms with Crippen LogP contribution in [0.5, 0.6) is 11.5 Å². The molecule has 0 heterocycles. The second-order valence-corrected chi connectivity index (χ2v) is 2.35. The van der Waals surface area contributed by atoms with Gasteiger partial charge in [0.15, 0.2) is 11.5 Å². The van der Waals surface area contributed by atoms with Crippen molar-refractivity contribution >= 4 is 0 Å². The van der Waals surface area contributed by atoms with Crippen molar-refractivity contribution in [2.24, 2.45) is 5.84 Å². The molecule has 0 atom stereocenters. The number of para-hydroxylation sites is 1. The number of hydrogen-bond acceptors (Lipinski definition) is 4. The molecule has 4 N–H and O–H groups in total. The van der Waals surface area contributed by atoms with Crippen molar-refractivity contribution in [2.75, 3.05) is 7.11 Å². The Kier molecular flexibility index (Phi) is 2.90. The summed E-state index contributed by atoms with van der Waals surface area (Å²) in [6.07, 6.45) is 0. The van der Waals surface area contributed by atoms with E-state index in [-0.39, 0.29) is 5.75 Å². The number of hydrazine groups is 1. The molecule has 0 saturated heterocycles. The number of nitrogens with one attached hydrogen (secondary N) is 1. The van der Waals surface area contributed by atoms with E-state index in [0.717, 1.165) is 5.56 Å². The van der Waals surface area contributed by atoms with E-state index in [2.05, 4.69) is 5.43 Å². The normalized spacial score (nSPS) is 9.83. The number of benzene rings is 1. The molecule has 4 nitrogen and oxygen atoms in total. The van der Waals surface area contributed by atoms with Crippen LogP contribution in [0.15, 0.2) is 18.2 Å². The fourth-order valence-electron chi connectivity index (χ4n) is 0.985. The van der Waals surface area contributed by atoms with Crippen LogP contribution < -0.4 is 16.0 Å². The van der Waals surface area contributed by atoms with Gasteiger partial charge in [-0.2, -0.15) is 0 Å². The van der Waals surface area contributed by atoms with Crippen molar-refractivity contribution in [1.29, 1.82) is 0 Å². The largest absolute Gasteiger partial charge is 0.504 e. The summed E-state index contributed by atoms with van der Waals surface area (Å²) < 4.78 is 4.91. The summed E-state index contributed by atoms with van der Waals surface area (Å²) in [6, 6.07) is 5.26. The van der Waals surface area contributed by atoms with Crippen LogP contribution in [0.1, 0.15) is 5.56 Å². The molecular weight excluding hydrogens is 156 g/mol. The number of phenols is 1. The van der Waals surface area contributed by atoms with Crippen molar-refractivity contribution < 1.29 is 9.84 Å². The summed E-state index contributed by atoms with van der Waals surface area (Å²) in [7, 11) is 1.51. The second-order valence-electron chi connectivity index (χ2n) is 2.35. The highest BCUT2D eigenvalue weighted by Crippen LogP contribution is 2.28. The summed E-state index contributed by atoms with van der Waals surface area (Å²) in [6.45, 7) is 0.420. The molecule has 1 rings (SSSR count). The zero-order chi connectivity index (χ0) is 8.97. The first-order valence-corrected chi connectivity index (χ1v) is 3.58. The lowest BCUT2D eigenvalue weighted by Crippen LogP contribution is -2.20. The monoisotopic (exact) mass is 168 g/mol. The first-order valence-electron chi connectivity index (χ1n) is 3.58. The van der Waals surface area contributed by atoms with Gasteiger partial charge in [0.25, 0.3) is 0 Å². The molecular formula is C8H12N2O2. The highest BCUT2D eigenvalue weighted by atomic mass is 16.5. The van der Waals surface area contributed by atoms with Crippen molar-refractivity contribution in [3.63, 3.8) is 0 Å². The number of aromatic hydroxyl groups is 1. The number of phenolic OH excluding ortho intramolecular Hbond substituents is 1. The standard InChI is InChI=1S/C8H12N2O2/c1-12-7-4-2-3-6(5-10-9)8(7)11/h2-4,10-11H,5,9H2,1H3. The minimum Gasteiger partial charge on any atom is -0.504 e. The Morgan fingerprint density at radius 2 is 2.33 bits per heavy atom. The molecule has 0 saturated carbocycles. The lowest BCUT2D eigenvalue weighted by atomic mass is 10.2. The van der Waals surface area contributed by atoms with Crippen LogP contribution in [-0.4, -0.2) is 12.2 Å². The maximum absolute atomic E-state index is 9.50. The van der Waals surface area contributed by atoms with Crippen LogP contribution in [0.3, 0.4) is 0 Å². The van der Waals surface area contributed by atoms with Gasteiger partial charge in [-0.1, -0.05) is 12.1 Å². The number of nitrogens with two attached hydrogens (primary N) is 1. The molecule has 0 radical (unpaired) electrons. The Morgan fingerprint density at radius 1 is 1.58 bits per heavy atom. The van der Waals surface area contributed by atoms with Gasteiger partial charge in [0.1, 0.15) is 0 Å². The molecule has 1 aromatic carbocycles. The minimum absolute atomic E-state index is 0.137. The van der Waals surface area contributed by atoms with E-state index >= 15 is 0 Å². The Hall–Kier alpha value is -1.26. The van der Waals surface area contributed by atoms with Gasteiger partial charge in [0.2, 0.25) is 0 Å². The van der Waals surface area contributed by atoms with Gasteiger partial charge in [-0.3, -0.25) is 11.3 Å². The Balaban J connectivity index is 2.97. The second kappa shape index (κ2) is 3.94. The first-order chi connectivity index (χ1) is 5.79. The molecule has 0 fully saturated rings. The smallest absolute Gasteiger partial charge is 0.162 e. The highest BCUT2D eigenvalue weighted by Gasteiger charge is 2.04. The maximum atomic E-state index is 9.50. The molecule has 0 aliphatic carbocycles. The van der Waals surface area contributed by atoms with E-state index in [9.17, 15) is 5.11 Å². The third-order valence-electron chi connectivity index (χ3n) is 1.59. The Morgan fingerprint density at radius 3 is 2.92 bits per heavy atom. The third-order valence-corrected chi connectivity index (χ3v) is 1.59. The van der Waals surface area contributed by atoms with Gasteiger partial charge in [-0.15, -0.1) is 0 Å². The zero-order valence-corrected chi connectivity index (χ0v) is 6.87. The predicted octanol–water partition coefficient (Wildman–Crippen LogP) is 0.364. The fourth-order valence-corrected chi connectivity index (χ4v) is 0.985. The SMILES string of the molecule is COc1cccc(CNN)c1O. The van der Waals surface area contributed by atoms with Gasteiger partial charge in [0, 0.05) is 12.1 Å². The van der Waals surface area contributed by atoms with E-state index in [4.69, 9.17) is 10.6 Å². The minimum atomic E-state index is 0.137. The lowest BCUT2D eigenvalue weighted by molar-refractivity contribution is 0.370. The van der Waals surface area contributed by atoms with Gasteiger partial charge >= 0.3 is 0 Å². The van der Waals surface area contributed by atoms with Crippen LogP contribution >= 0.6 is 0 Å². The molecule has 12 heavy (non-hydrogen) atoms. The third kappa shape index (κ3) is 1.66. The average Bonchev–Trinajstić information content (AvgIpc) is 2.09. The molecule has 4 heteroatoms. The van der Waals surface area contributed by atoms with Crippen molar-refractivity contribution in [3.8, 4) is 11.5 Å². The zero-order valence-electron chi connectivity index (χ0n) is 6.87. The van der Waals surface area contributed by atoms with E-state index in [1.165, 1.54) is 7.11 Å². The number of ether oxygens (including phenoxy) is 1. The van der Waals surface area contributed by atoms with Crippen LogP contribution in [0.25, 0.3) is 0 Å². The summed E-state index contributed by atoms with van der Waals surface area (Å²) in [5.41, 5.74) is 3.18. The number of rotatable bonds is 3. The van der Waals surface area contributed by atoms with Crippen molar-refractivity contribution in [1.82, 2.24) is 5.43 Å². The molecule has 1 aromatic rings. The molecule has 0 unspecified atom stereocenters. The quantitative estimate of drug-likeness (QED) is 0.450. The Bertz CT molecular complexity index is 263. The molecule has 0 aliphatic heterocycles. The summed E-state index contributed by atoms with van der Waals surface area (Å²) in [4.78, 5) is 0. The molecule has 66 valence electrons. The molecule has 0 spiro atoms. The van der Waals surface area contributed by atoms with Crippen LogP contribution in [0, 0.1) is 0 Å². The van der Waals surface area contributed by atoms with Crippen LogP contribution in [0.4, 0.5) is 0 Å². The molecule has 0 aliphatic rings. The summed E-state index contributed by atoms with van der Waals surface area (Å²) in [5, 5.41) is 9.50. The Labute approximate surface area is 70.9 Å². The molecule has 0 amide bonds. The van der Waals surface area contributed by atoms with E-state index in [1.807, 2.05) is 0 Å². The van der Waals surface area contributed by atoms with Crippen molar-refractivity contribution in [2.45, 2.75) is 6.54 Å². The summed E-state index contributed by atoms with van der Waals surface area (Å²) >= 11 is 0. The van der Waals surface area contributed by atoms with E-state index in [1.54, 1.807) is 18.2 Å². The lowest BCUT2D eigenvalue weighted by Gasteiger charge is -2.07. The van der Waals surface area contributed by atoms with E-state index < -0.39 is 0 Å². The topological polar surface area (TPSA) is 67.5 Å². The van der Waals surface area contributed by atoms with Gasteiger partial charge in [-0.05, 0) is 6.07 Å². The van der Waals surface area contributed by atoms with Gasteiger partial charge in [0.05, 0.1) is 7.11 Å². The molecule has 0 bridgehead atoms.